The number of amides is 1. The largest absolute Gasteiger partial charge is 0.372 e. The summed E-state index contributed by atoms with van der Waals surface area (Å²) in [6.07, 6.45) is 4.25. The molecule has 1 aliphatic heterocycles. The van der Waals surface area contributed by atoms with Crippen molar-refractivity contribution in [1.29, 1.82) is 0 Å². The molecule has 3 heterocycles. The highest BCUT2D eigenvalue weighted by Gasteiger charge is 2.13. The molecule has 1 N–H and O–H groups in total. The normalized spacial score (nSPS) is 14.0. The van der Waals surface area contributed by atoms with E-state index in [1.54, 1.807) is 6.20 Å². The zero-order valence-corrected chi connectivity index (χ0v) is 14.9. The molecule has 1 fully saturated rings. The van der Waals surface area contributed by atoms with E-state index in [4.69, 9.17) is 0 Å². The van der Waals surface area contributed by atoms with E-state index in [9.17, 15) is 4.79 Å². The lowest BCUT2D eigenvalue weighted by Gasteiger charge is -2.17. The molecule has 1 saturated heterocycles. The van der Waals surface area contributed by atoms with Crippen LogP contribution in [0.5, 0.6) is 0 Å². The molecular weight excluding hydrogens is 324 g/mol. The standard InChI is InChI=1S/C21H22N4O/c1-15-19(13-17-5-4-10-22-20(17)24-15)21(26)23-14-16-6-8-18(9-7-16)25-11-2-3-12-25/h4-10,13H,2-3,11-12,14H2,1H3,(H,23,26). The zero-order chi connectivity index (χ0) is 17.9. The molecule has 0 unspecified atom stereocenters. The number of benzene rings is 1. The molecule has 2 aromatic heterocycles. The van der Waals surface area contributed by atoms with Crippen molar-refractivity contribution < 1.29 is 4.79 Å². The molecule has 1 aromatic carbocycles. The maximum atomic E-state index is 12.6. The zero-order valence-electron chi connectivity index (χ0n) is 14.9. The van der Waals surface area contributed by atoms with Gasteiger partial charge in [-0.15, -0.1) is 0 Å². The molecule has 26 heavy (non-hydrogen) atoms. The van der Waals surface area contributed by atoms with Crippen LogP contribution in [-0.4, -0.2) is 29.0 Å². The first-order valence-electron chi connectivity index (χ1n) is 9.05. The Balaban J connectivity index is 1.44. The summed E-state index contributed by atoms with van der Waals surface area (Å²) < 4.78 is 0. The van der Waals surface area contributed by atoms with Gasteiger partial charge in [0.2, 0.25) is 0 Å². The van der Waals surface area contributed by atoms with Gasteiger partial charge in [0.15, 0.2) is 5.65 Å². The summed E-state index contributed by atoms with van der Waals surface area (Å²) in [6, 6.07) is 14.1. The van der Waals surface area contributed by atoms with Crippen molar-refractivity contribution in [3.8, 4) is 0 Å². The number of carbonyl (C=O) groups excluding carboxylic acids is 1. The summed E-state index contributed by atoms with van der Waals surface area (Å²) in [4.78, 5) is 23.6. The second-order valence-electron chi connectivity index (χ2n) is 6.71. The molecule has 0 saturated carbocycles. The highest BCUT2D eigenvalue weighted by Crippen LogP contribution is 2.20. The van der Waals surface area contributed by atoms with E-state index in [0.29, 0.717) is 23.4 Å². The third-order valence-electron chi connectivity index (χ3n) is 4.89. The molecule has 132 valence electrons. The van der Waals surface area contributed by atoms with E-state index in [0.717, 1.165) is 24.0 Å². The lowest BCUT2D eigenvalue weighted by atomic mass is 10.1. The molecule has 0 aliphatic carbocycles. The van der Waals surface area contributed by atoms with Gasteiger partial charge in [-0.05, 0) is 55.7 Å². The summed E-state index contributed by atoms with van der Waals surface area (Å²) in [6.45, 7) is 4.62. The Kier molecular flexibility index (Phi) is 4.52. The molecule has 0 spiro atoms. The number of rotatable bonds is 4. The number of aromatic nitrogens is 2. The number of anilines is 1. The van der Waals surface area contributed by atoms with Crippen molar-refractivity contribution in [2.75, 3.05) is 18.0 Å². The van der Waals surface area contributed by atoms with Crippen molar-refractivity contribution in [2.45, 2.75) is 26.3 Å². The molecule has 5 nitrogen and oxygen atoms in total. The van der Waals surface area contributed by atoms with Gasteiger partial charge in [0.25, 0.3) is 5.91 Å². The maximum Gasteiger partial charge on any atom is 0.253 e. The predicted molar refractivity (Wildman–Crippen MR) is 103 cm³/mol. The number of nitrogens with zero attached hydrogens (tertiary/aromatic N) is 3. The maximum absolute atomic E-state index is 12.6. The van der Waals surface area contributed by atoms with Gasteiger partial charge in [0.1, 0.15) is 0 Å². The molecule has 0 radical (unpaired) electrons. The van der Waals surface area contributed by atoms with Crippen LogP contribution in [0.3, 0.4) is 0 Å². The van der Waals surface area contributed by atoms with Gasteiger partial charge in [-0.25, -0.2) is 9.97 Å². The molecule has 4 rings (SSSR count). The first kappa shape index (κ1) is 16.5. The average molecular weight is 346 g/mol. The van der Waals surface area contributed by atoms with Crippen molar-refractivity contribution in [1.82, 2.24) is 15.3 Å². The van der Waals surface area contributed by atoms with Crippen LogP contribution in [0.4, 0.5) is 5.69 Å². The fourth-order valence-corrected chi connectivity index (χ4v) is 3.40. The number of pyridine rings is 2. The lowest BCUT2D eigenvalue weighted by molar-refractivity contribution is 0.0950. The van der Waals surface area contributed by atoms with E-state index in [1.807, 2.05) is 25.1 Å². The van der Waals surface area contributed by atoms with Crippen LogP contribution < -0.4 is 10.2 Å². The Labute approximate surface area is 153 Å². The predicted octanol–water partition coefficient (Wildman–Crippen LogP) is 3.47. The monoisotopic (exact) mass is 346 g/mol. The first-order valence-corrected chi connectivity index (χ1v) is 9.05. The van der Waals surface area contributed by atoms with Gasteiger partial charge in [0.05, 0.1) is 11.3 Å². The van der Waals surface area contributed by atoms with Crippen LogP contribution in [0.15, 0.2) is 48.7 Å². The van der Waals surface area contributed by atoms with Crippen LogP contribution in [0.2, 0.25) is 0 Å². The van der Waals surface area contributed by atoms with E-state index in [2.05, 4.69) is 44.5 Å². The second-order valence-corrected chi connectivity index (χ2v) is 6.71. The fourth-order valence-electron chi connectivity index (χ4n) is 3.40. The molecule has 0 atom stereocenters. The Morgan fingerprint density at radius 1 is 1.15 bits per heavy atom. The highest BCUT2D eigenvalue weighted by atomic mass is 16.1. The second kappa shape index (κ2) is 7.12. The molecule has 1 amide bonds. The van der Waals surface area contributed by atoms with Crippen LogP contribution in [0.25, 0.3) is 11.0 Å². The Morgan fingerprint density at radius 2 is 1.92 bits per heavy atom. The number of hydrogen-bond donors (Lipinski definition) is 1. The summed E-state index contributed by atoms with van der Waals surface area (Å²) in [5.41, 5.74) is 4.31. The SMILES string of the molecule is Cc1nc2ncccc2cc1C(=O)NCc1ccc(N2CCCC2)cc1. The van der Waals surface area contributed by atoms with Gasteiger partial charge >= 0.3 is 0 Å². The molecule has 5 heteroatoms. The van der Waals surface area contributed by atoms with Crippen molar-refractivity contribution in [3.63, 3.8) is 0 Å². The third kappa shape index (κ3) is 3.38. The van der Waals surface area contributed by atoms with Crippen LogP contribution >= 0.6 is 0 Å². The number of fused-ring (bicyclic) bond motifs is 1. The summed E-state index contributed by atoms with van der Waals surface area (Å²) >= 11 is 0. The number of nitrogens with one attached hydrogen (secondary N) is 1. The lowest BCUT2D eigenvalue weighted by Crippen LogP contribution is -2.24. The van der Waals surface area contributed by atoms with Gasteiger partial charge in [-0.1, -0.05) is 12.1 Å². The van der Waals surface area contributed by atoms with Crippen LogP contribution in [-0.2, 0) is 6.54 Å². The van der Waals surface area contributed by atoms with E-state index in [1.165, 1.54) is 18.5 Å². The molecule has 1 aliphatic rings. The van der Waals surface area contributed by atoms with Crippen molar-refractivity contribution >= 4 is 22.6 Å². The third-order valence-corrected chi connectivity index (χ3v) is 4.89. The van der Waals surface area contributed by atoms with Gasteiger partial charge in [-0.2, -0.15) is 0 Å². The smallest absolute Gasteiger partial charge is 0.253 e. The van der Waals surface area contributed by atoms with E-state index >= 15 is 0 Å². The molecule has 0 bridgehead atoms. The Bertz CT molecular complexity index is 930. The summed E-state index contributed by atoms with van der Waals surface area (Å²) in [5, 5.41) is 3.87. The van der Waals surface area contributed by atoms with Crippen LogP contribution in [0.1, 0.15) is 34.5 Å². The van der Waals surface area contributed by atoms with Crippen LogP contribution in [0, 0.1) is 6.92 Å². The van der Waals surface area contributed by atoms with Gasteiger partial charge < -0.3 is 10.2 Å². The Hall–Kier alpha value is -2.95. The summed E-state index contributed by atoms with van der Waals surface area (Å²) in [5.74, 6) is -0.107. The van der Waals surface area contributed by atoms with E-state index in [-0.39, 0.29) is 5.91 Å². The number of hydrogen-bond acceptors (Lipinski definition) is 4. The minimum Gasteiger partial charge on any atom is -0.372 e. The van der Waals surface area contributed by atoms with E-state index < -0.39 is 0 Å². The first-order chi connectivity index (χ1) is 12.7. The van der Waals surface area contributed by atoms with Gasteiger partial charge in [-0.3, -0.25) is 4.79 Å². The Morgan fingerprint density at radius 3 is 2.69 bits per heavy atom. The topological polar surface area (TPSA) is 58.1 Å². The van der Waals surface area contributed by atoms with Crippen molar-refractivity contribution in [2.24, 2.45) is 0 Å². The quantitative estimate of drug-likeness (QED) is 0.786. The minimum atomic E-state index is -0.107. The fraction of sp³-hybridized carbons (Fsp3) is 0.286. The minimum absolute atomic E-state index is 0.107. The number of carbonyl (C=O) groups is 1. The molecule has 3 aromatic rings. The average Bonchev–Trinajstić information content (AvgIpc) is 3.21. The van der Waals surface area contributed by atoms with Crippen molar-refractivity contribution in [3.05, 3.63) is 65.5 Å². The number of aryl methyl sites for hydroxylation is 1. The molecular formula is C21H22N4O. The summed E-state index contributed by atoms with van der Waals surface area (Å²) in [7, 11) is 0. The van der Waals surface area contributed by atoms with Gasteiger partial charge in [0, 0.05) is 36.9 Å². The highest BCUT2D eigenvalue weighted by molar-refractivity contribution is 5.98.